The van der Waals surface area contributed by atoms with Crippen LogP contribution in [0.2, 0.25) is 0 Å². The first-order valence-electron chi connectivity index (χ1n) is 4.16. The summed E-state index contributed by atoms with van der Waals surface area (Å²) in [6, 6.07) is 0. The van der Waals surface area contributed by atoms with Crippen molar-refractivity contribution in [2.75, 3.05) is 0 Å². The molecule has 0 spiro atoms. The molecule has 0 aromatic heterocycles. The van der Waals surface area contributed by atoms with Crippen LogP contribution in [-0.2, 0) is 0 Å². The minimum atomic E-state index is 1.13. The summed E-state index contributed by atoms with van der Waals surface area (Å²) in [7, 11) is 0. The van der Waals surface area contributed by atoms with Crippen molar-refractivity contribution < 1.29 is 0 Å². The van der Waals surface area contributed by atoms with Crippen molar-refractivity contribution in [1.82, 2.24) is 0 Å². The molecule has 0 aliphatic rings. The molecular formula is C10H18. The average Bonchev–Trinajstić information content (AvgIpc) is 1.98. The second-order valence-electron chi connectivity index (χ2n) is 2.49. The van der Waals surface area contributed by atoms with Crippen LogP contribution in [0.15, 0.2) is 24.3 Å². The lowest BCUT2D eigenvalue weighted by molar-refractivity contribution is 0.795. The van der Waals surface area contributed by atoms with E-state index in [2.05, 4.69) is 26.5 Å². The number of rotatable bonds is 5. The van der Waals surface area contributed by atoms with Gasteiger partial charge in [-0.2, -0.15) is 0 Å². The zero-order valence-corrected chi connectivity index (χ0v) is 7.19. The average molecular weight is 138 g/mol. The topological polar surface area (TPSA) is 0 Å². The molecule has 0 rings (SSSR count). The molecule has 0 saturated carbocycles. The Morgan fingerprint density at radius 3 is 2.50 bits per heavy atom. The predicted molar refractivity (Wildman–Crippen MR) is 48.1 cm³/mol. The quantitative estimate of drug-likeness (QED) is 0.508. The van der Waals surface area contributed by atoms with E-state index in [1.807, 2.05) is 6.08 Å². The van der Waals surface area contributed by atoms with E-state index >= 15 is 0 Å². The van der Waals surface area contributed by atoms with Gasteiger partial charge in [0.2, 0.25) is 0 Å². The molecule has 0 saturated heterocycles. The Morgan fingerprint density at radius 2 is 2.10 bits per heavy atom. The lowest BCUT2D eigenvalue weighted by Crippen LogP contribution is -1.77. The van der Waals surface area contributed by atoms with Crippen LogP contribution in [0.4, 0.5) is 0 Å². The van der Waals surface area contributed by atoms with Crippen molar-refractivity contribution >= 4 is 0 Å². The Labute approximate surface area is 64.6 Å². The Morgan fingerprint density at radius 1 is 1.40 bits per heavy atom. The predicted octanol–water partition coefficient (Wildman–Crippen LogP) is 3.70. The lowest BCUT2D eigenvalue weighted by Gasteiger charge is -1.97. The van der Waals surface area contributed by atoms with Gasteiger partial charge in [0.15, 0.2) is 0 Å². The molecule has 0 aliphatic carbocycles. The zero-order chi connectivity index (χ0) is 7.82. The summed E-state index contributed by atoms with van der Waals surface area (Å²) >= 11 is 0. The molecule has 0 nitrogen and oxygen atoms in total. The molecule has 0 N–H and O–H groups in total. The summed E-state index contributed by atoms with van der Waals surface area (Å²) in [4.78, 5) is 0. The van der Waals surface area contributed by atoms with E-state index in [0.717, 1.165) is 6.42 Å². The van der Waals surface area contributed by atoms with Crippen molar-refractivity contribution in [2.24, 2.45) is 0 Å². The highest BCUT2D eigenvalue weighted by atomic mass is 13.9. The van der Waals surface area contributed by atoms with E-state index in [1.165, 1.54) is 24.8 Å². The summed E-state index contributed by atoms with van der Waals surface area (Å²) < 4.78 is 0. The Kier molecular flexibility index (Phi) is 6.25. The highest BCUT2D eigenvalue weighted by Crippen LogP contribution is 2.08. The maximum Gasteiger partial charge on any atom is -0.0282 e. The zero-order valence-electron chi connectivity index (χ0n) is 7.19. The molecule has 0 heterocycles. The summed E-state index contributed by atoms with van der Waals surface area (Å²) in [6.45, 7) is 8.14. The van der Waals surface area contributed by atoms with Gasteiger partial charge in [0.1, 0.15) is 0 Å². The molecule has 0 aromatic carbocycles. The van der Waals surface area contributed by atoms with Crippen LogP contribution < -0.4 is 0 Å². The first-order valence-corrected chi connectivity index (χ1v) is 4.16. The maximum absolute atomic E-state index is 3.76. The summed E-state index contributed by atoms with van der Waals surface area (Å²) in [5.41, 5.74) is 1.41. The van der Waals surface area contributed by atoms with E-state index in [9.17, 15) is 0 Å². The molecule has 0 amide bonds. The van der Waals surface area contributed by atoms with Gasteiger partial charge in [-0.25, -0.2) is 0 Å². The van der Waals surface area contributed by atoms with Crippen molar-refractivity contribution in [2.45, 2.75) is 39.5 Å². The number of allylic oxidation sites excluding steroid dienone is 3. The minimum Gasteiger partial charge on any atom is -0.0988 e. The van der Waals surface area contributed by atoms with E-state index in [0.29, 0.717) is 0 Å². The third kappa shape index (κ3) is 4.37. The second-order valence-corrected chi connectivity index (χ2v) is 2.49. The molecule has 10 heavy (non-hydrogen) atoms. The van der Waals surface area contributed by atoms with Gasteiger partial charge >= 0.3 is 0 Å². The van der Waals surface area contributed by atoms with E-state index < -0.39 is 0 Å². The number of hydrogen-bond acceptors (Lipinski definition) is 0. The van der Waals surface area contributed by atoms with Crippen molar-refractivity contribution in [1.29, 1.82) is 0 Å². The van der Waals surface area contributed by atoms with Gasteiger partial charge in [0.05, 0.1) is 0 Å². The van der Waals surface area contributed by atoms with Gasteiger partial charge in [0, 0.05) is 0 Å². The molecule has 0 radical (unpaired) electrons. The van der Waals surface area contributed by atoms with Crippen LogP contribution in [0.1, 0.15) is 39.5 Å². The van der Waals surface area contributed by atoms with Gasteiger partial charge in [-0.05, 0) is 19.3 Å². The largest absolute Gasteiger partial charge is 0.0988 e. The standard InChI is InChI=1S/C10H18/c1-4-7-9-10(6-3)8-5-2/h6,8H,3-5,7,9H2,1-2H3. The van der Waals surface area contributed by atoms with Crippen LogP contribution in [0.5, 0.6) is 0 Å². The summed E-state index contributed by atoms with van der Waals surface area (Å²) in [5.74, 6) is 0. The Balaban J connectivity index is 3.60. The normalized spacial score (nSPS) is 11.6. The third-order valence-electron chi connectivity index (χ3n) is 1.55. The number of hydrogen-bond donors (Lipinski definition) is 0. The van der Waals surface area contributed by atoms with Gasteiger partial charge < -0.3 is 0 Å². The van der Waals surface area contributed by atoms with E-state index in [1.54, 1.807) is 0 Å². The third-order valence-corrected chi connectivity index (χ3v) is 1.55. The fraction of sp³-hybridized carbons (Fsp3) is 0.600. The highest BCUT2D eigenvalue weighted by molar-refractivity contribution is 5.15. The van der Waals surface area contributed by atoms with Gasteiger partial charge in [-0.1, -0.05) is 44.6 Å². The monoisotopic (exact) mass is 138 g/mol. The fourth-order valence-electron chi connectivity index (χ4n) is 0.931. The maximum atomic E-state index is 3.76. The minimum absolute atomic E-state index is 1.13. The molecule has 0 unspecified atom stereocenters. The molecular weight excluding hydrogens is 120 g/mol. The van der Waals surface area contributed by atoms with Gasteiger partial charge in [-0.3, -0.25) is 0 Å². The summed E-state index contributed by atoms with van der Waals surface area (Å²) in [5, 5.41) is 0. The van der Waals surface area contributed by atoms with Gasteiger partial charge in [0.25, 0.3) is 0 Å². The van der Waals surface area contributed by atoms with Crippen molar-refractivity contribution in [3.63, 3.8) is 0 Å². The fourth-order valence-corrected chi connectivity index (χ4v) is 0.931. The molecule has 58 valence electrons. The van der Waals surface area contributed by atoms with Crippen LogP contribution in [0.3, 0.4) is 0 Å². The lowest BCUT2D eigenvalue weighted by atomic mass is 10.1. The molecule has 0 aliphatic heterocycles. The van der Waals surface area contributed by atoms with Crippen LogP contribution >= 0.6 is 0 Å². The summed E-state index contributed by atoms with van der Waals surface area (Å²) in [6.07, 6.45) is 9.12. The van der Waals surface area contributed by atoms with Crippen molar-refractivity contribution in [3.05, 3.63) is 24.3 Å². The Hall–Kier alpha value is -0.520. The Bertz CT molecular complexity index is 109. The van der Waals surface area contributed by atoms with Crippen LogP contribution in [0, 0.1) is 0 Å². The van der Waals surface area contributed by atoms with E-state index in [-0.39, 0.29) is 0 Å². The highest BCUT2D eigenvalue weighted by Gasteiger charge is 1.88. The van der Waals surface area contributed by atoms with E-state index in [4.69, 9.17) is 0 Å². The van der Waals surface area contributed by atoms with Crippen LogP contribution in [0.25, 0.3) is 0 Å². The number of unbranched alkanes of at least 4 members (excludes halogenated alkanes) is 1. The smallest absolute Gasteiger partial charge is 0.0282 e. The van der Waals surface area contributed by atoms with Gasteiger partial charge in [-0.15, -0.1) is 0 Å². The SMILES string of the molecule is C=CC(=CCC)CCCC. The molecule has 0 heteroatoms. The second kappa shape index (κ2) is 6.60. The molecule has 0 fully saturated rings. The molecule has 0 bridgehead atoms. The first-order chi connectivity index (χ1) is 4.85. The first kappa shape index (κ1) is 9.48. The molecule has 0 aromatic rings. The van der Waals surface area contributed by atoms with Crippen molar-refractivity contribution in [3.8, 4) is 0 Å². The van der Waals surface area contributed by atoms with Crippen LogP contribution in [-0.4, -0.2) is 0 Å². The molecule has 0 atom stereocenters.